The van der Waals surface area contributed by atoms with Crippen molar-refractivity contribution < 1.29 is 19.4 Å². The third-order valence-corrected chi connectivity index (χ3v) is 8.97. The molecular formula is C40H76O4. The molecule has 0 radical (unpaired) electrons. The Morgan fingerprint density at radius 2 is 0.864 bits per heavy atom. The number of hydrogen-bond donors (Lipinski definition) is 1. The molecule has 0 saturated heterocycles. The smallest absolute Gasteiger partial charge is 0.306 e. The van der Waals surface area contributed by atoms with Crippen LogP contribution < -0.4 is 0 Å². The maximum absolute atomic E-state index is 12.4. The van der Waals surface area contributed by atoms with Crippen LogP contribution in [-0.2, 0) is 14.3 Å². The van der Waals surface area contributed by atoms with E-state index in [9.17, 15) is 9.59 Å². The minimum Gasteiger partial charge on any atom is -0.481 e. The molecule has 0 aromatic heterocycles. The Morgan fingerprint density at radius 1 is 0.477 bits per heavy atom. The zero-order chi connectivity index (χ0) is 32.2. The number of carboxylic acids is 1. The number of carbonyl (C=O) groups is 2. The van der Waals surface area contributed by atoms with Crippen LogP contribution in [0.5, 0.6) is 0 Å². The summed E-state index contributed by atoms with van der Waals surface area (Å²) >= 11 is 0. The lowest BCUT2D eigenvalue weighted by Gasteiger charge is -2.17. The highest BCUT2D eigenvalue weighted by molar-refractivity contribution is 5.69. The normalized spacial score (nSPS) is 12.2. The Labute approximate surface area is 275 Å². The Hall–Kier alpha value is -1.32. The molecule has 0 aromatic carbocycles. The molecule has 260 valence electrons. The van der Waals surface area contributed by atoms with Crippen molar-refractivity contribution in [3.63, 3.8) is 0 Å². The van der Waals surface area contributed by atoms with Gasteiger partial charge in [-0.15, -0.1) is 0 Å². The van der Waals surface area contributed by atoms with Crippen molar-refractivity contribution in [3.8, 4) is 0 Å². The first-order valence-electron chi connectivity index (χ1n) is 19.7. The van der Waals surface area contributed by atoms with Crippen LogP contribution in [-0.4, -0.2) is 23.1 Å². The number of carbonyl (C=O) groups excluding carboxylic acids is 1. The molecule has 0 aliphatic carbocycles. The SMILES string of the molecule is CCCCCCCC/C=C\CCCCCCCC(=O)OC(CCC)CCCCCCCCCCCCCCCCCC(=O)O. The molecule has 0 bridgehead atoms. The number of allylic oxidation sites excluding steroid dienone is 2. The van der Waals surface area contributed by atoms with Crippen LogP contribution in [0.2, 0.25) is 0 Å². The van der Waals surface area contributed by atoms with Gasteiger partial charge in [-0.2, -0.15) is 0 Å². The zero-order valence-electron chi connectivity index (χ0n) is 29.7. The lowest BCUT2D eigenvalue weighted by atomic mass is 10.0. The van der Waals surface area contributed by atoms with Crippen molar-refractivity contribution >= 4 is 11.9 Å². The van der Waals surface area contributed by atoms with E-state index in [2.05, 4.69) is 26.0 Å². The summed E-state index contributed by atoms with van der Waals surface area (Å²) < 4.78 is 5.87. The molecule has 0 aliphatic rings. The molecule has 0 rings (SSSR count). The second kappa shape index (κ2) is 36.2. The second-order valence-corrected chi connectivity index (χ2v) is 13.5. The Morgan fingerprint density at radius 3 is 1.30 bits per heavy atom. The summed E-state index contributed by atoms with van der Waals surface area (Å²) in [6, 6.07) is 0. The number of unbranched alkanes of at least 4 members (excludes halogenated alkanes) is 25. The van der Waals surface area contributed by atoms with Crippen LogP contribution >= 0.6 is 0 Å². The largest absolute Gasteiger partial charge is 0.481 e. The molecule has 0 spiro atoms. The standard InChI is InChI=1S/C40H76O4/c1-3-5-6-7-8-9-10-11-13-18-21-24-27-30-33-37-40(43)44-38(34-4-2)35-31-28-25-22-19-16-14-12-15-17-20-23-26-29-32-36-39(41)42/h11,13,38H,3-10,12,14-37H2,1-2H3,(H,41,42)/b13-11-. The third-order valence-electron chi connectivity index (χ3n) is 8.97. The van der Waals surface area contributed by atoms with E-state index in [-0.39, 0.29) is 12.1 Å². The van der Waals surface area contributed by atoms with Crippen molar-refractivity contribution in [3.05, 3.63) is 12.2 Å². The Bertz CT molecular complexity index is 629. The minimum atomic E-state index is -0.664. The van der Waals surface area contributed by atoms with Gasteiger partial charge in [0, 0.05) is 12.8 Å². The summed E-state index contributed by atoms with van der Waals surface area (Å²) in [6.45, 7) is 4.47. The summed E-state index contributed by atoms with van der Waals surface area (Å²) in [7, 11) is 0. The van der Waals surface area contributed by atoms with Crippen molar-refractivity contribution in [1.29, 1.82) is 0 Å². The number of esters is 1. The van der Waals surface area contributed by atoms with Gasteiger partial charge in [-0.1, -0.05) is 167 Å². The monoisotopic (exact) mass is 621 g/mol. The molecule has 0 saturated carbocycles. The van der Waals surface area contributed by atoms with Crippen molar-refractivity contribution in [1.82, 2.24) is 0 Å². The highest BCUT2D eigenvalue weighted by Gasteiger charge is 2.13. The van der Waals surface area contributed by atoms with Gasteiger partial charge in [0.1, 0.15) is 6.10 Å². The number of aliphatic carboxylic acids is 1. The summed E-state index contributed by atoms with van der Waals surface area (Å²) in [5.74, 6) is -0.639. The van der Waals surface area contributed by atoms with E-state index < -0.39 is 5.97 Å². The van der Waals surface area contributed by atoms with Gasteiger partial charge < -0.3 is 9.84 Å². The van der Waals surface area contributed by atoms with Crippen molar-refractivity contribution in [2.24, 2.45) is 0 Å². The van der Waals surface area contributed by atoms with Crippen molar-refractivity contribution in [2.75, 3.05) is 0 Å². The molecule has 0 fully saturated rings. The quantitative estimate of drug-likeness (QED) is 0.0430. The number of carboxylic acid groups (broad SMARTS) is 1. The van der Waals surface area contributed by atoms with E-state index in [1.807, 2.05) is 0 Å². The van der Waals surface area contributed by atoms with Gasteiger partial charge in [-0.25, -0.2) is 0 Å². The maximum atomic E-state index is 12.4. The molecule has 44 heavy (non-hydrogen) atoms. The zero-order valence-corrected chi connectivity index (χ0v) is 29.7. The van der Waals surface area contributed by atoms with Gasteiger partial charge in [-0.3, -0.25) is 9.59 Å². The number of ether oxygens (including phenoxy) is 1. The molecular weight excluding hydrogens is 544 g/mol. The highest BCUT2D eigenvalue weighted by atomic mass is 16.5. The molecule has 1 unspecified atom stereocenters. The molecule has 0 amide bonds. The van der Waals surface area contributed by atoms with E-state index in [0.717, 1.165) is 44.9 Å². The van der Waals surface area contributed by atoms with Crippen LogP contribution in [0, 0.1) is 0 Å². The molecule has 4 nitrogen and oxygen atoms in total. The van der Waals surface area contributed by atoms with Gasteiger partial charge in [-0.05, 0) is 57.8 Å². The molecule has 0 aromatic rings. The lowest BCUT2D eigenvalue weighted by molar-refractivity contribution is -0.150. The molecule has 1 atom stereocenters. The van der Waals surface area contributed by atoms with E-state index in [4.69, 9.17) is 9.84 Å². The van der Waals surface area contributed by atoms with Crippen LogP contribution in [0.1, 0.15) is 226 Å². The second-order valence-electron chi connectivity index (χ2n) is 13.5. The fourth-order valence-electron chi connectivity index (χ4n) is 6.12. The van der Waals surface area contributed by atoms with Gasteiger partial charge in [0.05, 0.1) is 0 Å². The summed E-state index contributed by atoms with van der Waals surface area (Å²) in [5.41, 5.74) is 0. The van der Waals surface area contributed by atoms with Crippen LogP contribution in [0.15, 0.2) is 12.2 Å². The Kier molecular flexibility index (Phi) is 35.1. The third kappa shape index (κ3) is 35.2. The number of hydrogen-bond acceptors (Lipinski definition) is 3. The first kappa shape index (κ1) is 42.7. The average Bonchev–Trinajstić information content (AvgIpc) is 3.00. The van der Waals surface area contributed by atoms with E-state index in [1.54, 1.807) is 0 Å². The highest BCUT2D eigenvalue weighted by Crippen LogP contribution is 2.18. The molecule has 0 heterocycles. The predicted molar refractivity (Wildman–Crippen MR) is 190 cm³/mol. The maximum Gasteiger partial charge on any atom is 0.306 e. The molecule has 1 N–H and O–H groups in total. The van der Waals surface area contributed by atoms with Crippen LogP contribution in [0.4, 0.5) is 0 Å². The van der Waals surface area contributed by atoms with Crippen LogP contribution in [0.3, 0.4) is 0 Å². The van der Waals surface area contributed by atoms with Gasteiger partial charge >= 0.3 is 11.9 Å². The van der Waals surface area contributed by atoms with Crippen molar-refractivity contribution in [2.45, 2.75) is 232 Å². The van der Waals surface area contributed by atoms with Gasteiger partial charge in [0.2, 0.25) is 0 Å². The molecule has 4 heteroatoms. The predicted octanol–water partition coefficient (Wildman–Crippen LogP) is 13.5. The number of rotatable bonds is 36. The van der Waals surface area contributed by atoms with Gasteiger partial charge in [0.15, 0.2) is 0 Å². The summed E-state index contributed by atoms with van der Waals surface area (Å²) in [6.07, 6.45) is 44.4. The average molecular weight is 621 g/mol. The first-order valence-corrected chi connectivity index (χ1v) is 19.7. The van der Waals surface area contributed by atoms with Crippen LogP contribution in [0.25, 0.3) is 0 Å². The summed E-state index contributed by atoms with van der Waals surface area (Å²) in [5, 5.41) is 8.65. The van der Waals surface area contributed by atoms with E-state index in [1.165, 1.54) is 154 Å². The van der Waals surface area contributed by atoms with E-state index in [0.29, 0.717) is 12.8 Å². The minimum absolute atomic E-state index is 0.0248. The first-order chi connectivity index (χ1) is 21.6. The fourth-order valence-corrected chi connectivity index (χ4v) is 6.12. The molecule has 0 aliphatic heterocycles. The van der Waals surface area contributed by atoms with Gasteiger partial charge in [0.25, 0.3) is 0 Å². The lowest BCUT2D eigenvalue weighted by Crippen LogP contribution is -2.18. The summed E-state index contributed by atoms with van der Waals surface area (Å²) in [4.78, 5) is 22.9. The fraction of sp³-hybridized carbons (Fsp3) is 0.900. The topological polar surface area (TPSA) is 63.6 Å². The van der Waals surface area contributed by atoms with E-state index >= 15 is 0 Å². The Balaban J connectivity index is 3.52.